The van der Waals surface area contributed by atoms with Gasteiger partial charge in [0.25, 0.3) is 0 Å². The maximum absolute atomic E-state index is 12.9. The van der Waals surface area contributed by atoms with Gasteiger partial charge in [0.2, 0.25) is 0 Å². The summed E-state index contributed by atoms with van der Waals surface area (Å²) in [4.78, 5) is 6.90. The number of rotatable bonds is 8. The first-order valence-electron chi connectivity index (χ1n) is 10.6. The van der Waals surface area contributed by atoms with Crippen molar-refractivity contribution in [2.75, 3.05) is 37.7 Å². The first kappa shape index (κ1) is 25.2. The van der Waals surface area contributed by atoms with Crippen LogP contribution in [0, 0.1) is 5.82 Å². The number of hydrogen-bond acceptors (Lipinski definition) is 4. The zero-order valence-electron chi connectivity index (χ0n) is 17.8. The van der Waals surface area contributed by atoms with Gasteiger partial charge in [0.15, 0.2) is 5.96 Å². The summed E-state index contributed by atoms with van der Waals surface area (Å²) in [5.74, 6) is 0.912. The van der Waals surface area contributed by atoms with E-state index in [4.69, 9.17) is 4.74 Å². The Morgan fingerprint density at radius 1 is 1.16 bits per heavy atom. The van der Waals surface area contributed by atoms with Gasteiger partial charge in [-0.15, -0.1) is 24.0 Å². The Morgan fingerprint density at radius 3 is 2.48 bits per heavy atom. The van der Waals surface area contributed by atoms with E-state index in [1.165, 1.54) is 17.8 Å². The number of anilines is 1. The summed E-state index contributed by atoms with van der Waals surface area (Å²) < 4.78 is 18.4. The first-order chi connectivity index (χ1) is 14.6. The number of nitrogens with one attached hydrogen (secondary N) is 2. The average molecular weight is 542 g/mol. The normalized spacial score (nSPS) is 15.7. The number of aliphatic hydroxyl groups excluding tert-OH is 1. The molecule has 0 radical (unpaired) electrons. The van der Waals surface area contributed by atoms with E-state index < -0.39 is 6.10 Å². The standard InChI is InChI=1S/C23H31FN4O2.HI/c1-2-25-23(26-16-21(29)17-30-22-10-8-18(24)9-11-22)27-19-12-14-28(15-13-19)20-6-4-3-5-7-20;/h3-11,19,21,29H,2,12-17H2,1H3,(H2,25,26,27);1H. The van der Waals surface area contributed by atoms with Gasteiger partial charge in [-0.3, -0.25) is 4.99 Å². The lowest BCUT2D eigenvalue weighted by Gasteiger charge is -2.34. The van der Waals surface area contributed by atoms with Crippen LogP contribution in [0.2, 0.25) is 0 Å². The molecule has 1 atom stereocenters. The molecule has 0 aliphatic carbocycles. The van der Waals surface area contributed by atoms with Crippen LogP contribution >= 0.6 is 24.0 Å². The fourth-order valence-electron chi connectivity index (χ4n) is 3.41. The predicted octanol–water partition coefficient (Wildman–Crippen LogP) is 3.41. The Balaban J connectivity index is 0.00000341. The first-order valence-corrected chi connectivity index (χ1v) is 10.6. The summed E-state index contributed by atoms with van der Waals surface area (Å²) in [5.41, 5.74) is 1.26. The molecule has 1 aliphatic heterocycles. The second-order valence-electron chi connectivity index (χ2n) is 7.38. The third kappa shape index (κ3) is 8.53. The lowest BCUT2D eigenvalue weighted by Crippen LogP contribution is -2.49. The molecule has 8 heteroatoms. The van der Waals surface area contributed by atoms with E-state index in [9.17, 15) is 9.50 Å². The molecule has 0 amide bonds. The Hall–Kier alpha value is -2.07. The quantitative estimate of drug-likeness (QED) is 0.271. The molecule has 6 nitrogen and oxygen atoms in total. The van der Waals surface area contributed by atoms with Gasteiger partial charge in [-0.05, 0) is 56.2 Å². The third-order valence-electron chi connectivity index (χ3n) is 5.02. The zero-order valence-corrected chi connectivity index (χ0v) is 20.2. The maximum atomic E-state index is 12.9. The van der Waals surface area contributed by atoms with Crippen molar-refractivity contribution in [3.63, 3.8) is 0 Å². The fourth-order valence-corrected chi connectivity index (χ4v) is 3.41. The molecule has 0 aromatic heterocycles. The Kier molecular flexibility index (Phi) is 10.9. The SMILES string of the molecule is CCNC(=NCC(O)COc1ccc(F)cc1)NC1CCN(c2ccccc2)CC1.I. The summed E-state index contributed by atoms with van der Waals surface area (Å²) in [6.07, 6.45) is 1.30. The van der Waals surface area contributed by atoms with Crippen LogP contribution in [0.1, 0.15) is 19.8 Å². The molecule has 1 fully saturated rings. The van der Waals surface area contributed by atoms with Crippen molar-refractivity contribution in [3.05, 3.63) is 60.4 Å². The topological polar surface area (TPSA) is 69.1 Å². The highest BCUT2D eigenvalue weighted by atomic mass is 127. The number of guanidine groups is 1. The summed E-state index contributed by atoms with van der Waals surface area (Å²) in [6, 6.07) is 16.6. The highest BCUT2D eigenvalue weighted by molar-refractivity contribution is 14.0. The number of ether oxygens (including phenoxy) is 1. The zero-order chi connectivity index (χ0) is 21.2. The van der Waals surface area contributed by atoms with Crippen molar-refractivity contribution in [2.45, 2.75) is 31.9 Å². The second-order valence-corrected chi connectivity index (χ2v) is 7.38. The minimum atomic E-state index is -0.745. The number of aliphatic hydroxyl groups is 1. The minimum absolute atomic E-state index is 0. The van der Waals surface area contributed by atoms with Gasteiger partial charge >= 0.3 is 0 Å². The summed E-state index contributed by atoms with van der Waals surface area (Å²) in [6.45, 7) is 5.08. The van der Waals surface area contributed by atoms with Crippen molar-refractivity contribution < 1.29 is 14.2 Å². The molecule has 0 bridgehead atoms. The molecule has 31 heavy (non-hydrogen) atoms. The van der Waals surface area contributed by atoms with Gasteiger partial charge in [0, 0.05) is 31.4 Å². The average Bonchev–Trinajstić information content (AvgIpc) is 2.78. The van der Waals surface area contributed by atoms with Crippen LogP contribution in [-0.4, -0.2) is 56.0 Å². The van der Waals surface area contributed by atoms with Crippen molar-refractivity contribution in [2.24, 2.45) is 4.99 Å². The van der Waals surface area contributed by atoms with Crippen LogP contribution in [-0.2, 0) is 0 Å². The lowest BCUT2D eigenvalue weighted by molar-refractivity contribution is 0.114. The van der Waals surface area contributed by atoms with E-state index >= 15 is 0 Å². The van der Waals surface area contributed by atoms with Crippen molar-refractivity contribution in [3.8, 4) is 5.75 Å². The molecule has 170 valence electrons. The monoisotopic (exact) mass is 542 g/mol. The van der Waals surface area contributed by atoms with Crippen molar-refractivity contribution in [1.82, 2.24) is 10.6 Å². The van der Waals surface area contributed by atoms with Crippen molar-refractivity contribution >= 4 is 35.6 Å². The maximum Gasteiger partial charge on any atom is 0.191 e. The van der Waals surface area contributed by atoms with Crippen LogP contribution in [0.3, 0.4) is 0 Å². The van der Waals surface area contributed by atoms with Gasteiger partial charge < -0.3 is 25.4 Å². The van der Waals surface area contributed by atoms with E-state index in [0.717, 1.165) is 32.5 Å². The fraction of sp³-hybridized carbons (Fsp3) is 0.435. The van der Waals surface area contributed by atoms with Gasteiger partial charge in [0.05, 0.1) is 6.54 Å². The van der Waals surface area contributed by atoms with Crippen LogP contribution in [0.4, 0.5) is 10.1 Å². The molecule has 2 aromatic rings. The number of piperidine rings is 1. The Morgan fingerprint density at radius 2 is 1.84 bits per heavy atom. The molecule has 3 rings (SSSR count). The van der Waals surface area contributed by atoms with Gasteiger partial charge in [-0.1, -0.05) is 18.2 Å². The van der Waals surface area contributed by atoms with E-state index in [1.807, 2.05) is 13.0 Å². The molecule has 0 spiro atoms. The molecular weight excluding hydrogens is 510 g/mol. The molecule has 0 saturated carbocycles. The van der Waals surface area contributed by atoms with Crippen LogP contribution in [0.25, 0.3) is 0 Å². The van der Waals surface area contributed by atoms with E-state index in [0.29, 0.717) is 17.8 Å². The van der Waals surface area contributed by atoms with Gasteiger partial charge in [-0.25, -0.2) is 4.39 Å². The summed E-state index contributed by atoms with van der Waals surface area (Å²) in [7, 11) is 0. The highest BCUT2D eigenvalue weighted by Crippen LogP contribution is 2.19. The summed E-state index contributed by atoms with van der Waals surface area (Å²) in [5, 5.41) is 16.9. The number of para-hydroxylation sites is 1. The van der Waals surface area contributed by atoms with Crippen LogP contribution in [0.5, 0.6) is 5.75 Å². The number of benzene rings is 2. The summed E-state index contributed by atoms with van der Waals surface area (Å²) >= 11 is 0. The van der Waals surface area contributed by atoms with Crippen LogP contribution in [0.15, 0.2) is 59.6 Å². The predicted molar refractivity (Wildman–Crippen MR) is 134 cm³/mol. The van der Waals surface area contributed by atoms with Crippen LogP contribution < -0.4 is 20.3 Å². The molecule has 3 N–H and O–H groups in total. The molecule has 2 aromatic carbocycles. The minimum Gasteiger partial charge on any atom is -0.491 e. The number of hydrogen-bond donors (Lipinski definition) is 3. The van der Waals surface area contributed by atoms with E-state index in [1.54, 1.807) is 12.1 Å². The Bertz CT molecular complexity index is 784. The number of aliphatic imine (C=N–C) groups is 1. The number of nitrogens with zero attached hydrogens (tertiary/aromatic N) is 2. The van der Waals surface area contributed by atoms with Gasteiger partial charge in [0.1, 0.15) is 24.3 Å². The molecular formula is C23H32FIN4O2. The second kappa shape index (κ2) is 13.4. The largest absolute Gasteiger partial charge is 0.491 e. The number of halogens is 2. The lowest BCUT2D eigenvalue weighted by atomic mass is 10.0. The molecule has 1 unspecified atom stereocenters. The van der Waals surface area contributed by atoms with E-state index in [-0.39, 0.29) is 42.9 Å². The molecule has 1 heterocycles. The van der Waals surface area contributed by atoms with Gasteiger partial charge in [-0.2, -0.15) is 0 Å². The van der Waals surface area contributed by atoms with Crippen molar-refractivity contribution in [1.29, 1.82) is 0 Å². The highest BCUT2D eigenvalue weighted by Gasteiger charge is 2.20. The Labute approximate surface area is 200 Å². The molecule has 1 aliphatic rings. The smallest absolute Gasteiger partial charge is 0.191 e. The third-order valence-corrected chi connectivity index (χ3v) is 5.02. The molecule has 1 saturated heterocycles. The van der Waals surface area contributed by atoms with E-state index in [2.05, 4.69) is 44.8 Å².